The quantitative estimate of drug-likeness (QED) is 0.461. The third-order valence-corrected chi connectivity index (χ3v) is 5.12. The van der Waals surface area contributed by atoms with E-state index in [1.165, 1.54) is 12.1 Å². The molecule has 0 fully saturated rings. The number of carbonyl (C=O) groups is 1. The molecule has 1 aromatic carbocycles. The van der Waals surface area contributed by atoms with Crippen LogP contribution in [-0.2, 0) is 12.5 Å². The molecule has 4 aromatic rings. The summed E-state index contributed by atoms with van der Waals surface area (Å²) >= 11 is 6.09. The smallest absolute Gasteiger partial charge is 0.292 e. The molecule has 0 bridgehead atoms. The highest BCUT2D eigenvalue weighted by atomic mass is 35.5. The van der Waals surface area contributed by atoms with Crippen LogP contribution in [0.4, 0.5) is 4.39 Å². The highest BCUT2D eigenvalue weighted by molar-refractivity contribution is 6.29. The molecule has 1 N–H and O–H groups in total. The summed E-state index contributed by atoms with van der Waals surface area (Å²) in [6.45, 7) is 2.09. The lowest BCUT2D eigenvalue weighted by atomic mass is 9.80. The number of para-hydroxylation sites is 1. The molecule has 0 spiro atoms. The zero-order valence-corrected chi connectivity index (χ0v) is 17.5. The van der Waals surface area contributed by atoms with E-state index in [-0.39, 0.29) is 18.1 Å². The van der Waals surface area contributed by atoms with E-state index in [9.17, 15) is 9.18 Å². The summed E-state index contributed by atoms with van der Waals surface area (Å²) in [6.07, 6.45) is 3.56. The predicted molar refractivity (Wildman–Crippen MR) is 110 cm³/mol. The molecule has 0 aliphatic carbocycles. The Kier molecular flexibility index (Phi) is 5.47. The maximum Gasteiger partial charge on any atom is 0.292 e. The molecule has 0 saturated carbocycles. The molecular weight excluding hydrogens is 423 g/mol. The zero-order chi connectivity index (χ0) is 22.0. The summed E-state index contributed by atoms with van der Waals surface area (Å²) in [5, 5.41) is 18.9. The molecule has 4 rings (SSSR count). The molecule has 1 unspecified atom stereocenters. The Morgan fingerprint density at radius 3 is 2.74 bits per heavy atom. The third kappa shape index (κ3) is 4.15. The second-order valence-electron chi connectivity index (χ2n) is 7.12. The fourth-order valence-electron chi connectivity index (χ4n) is 3.12. The minimum atomic E-state index is -0.726. The van der Waals surface area contributed by atoms with E-state index in [0.717, 1.165) is 10.4 Å². The van der Waals surface area contributed by atoms with Gasteiger partial charge in [0.1, 0.15) is 10.8 Å². The van der Waals surface area contributed by atoms with Gasteiger partial charge in [-0.15, -0.1) is 15.0 Å². The van der Waals surface area contributed by atoms with Gasteiger partial charge < -0.3 is 5.32 Å². The second-order valence-corrected chi connectivity index (χ2v) is 7.50. The monoisotopic (exact) mass is 440 g/mol. The Morgan fingerprint density at radius 1 is 1.23 bits per heavy atom. The van der Waals surface area contributed by atoms with Crippen LogP contribution in [0.15, 0.2) is 54.9 Å². The van der Waals surface area contributed by atoms with E-state index in [4.69, 9.17) is 11.6 Å². The standard InChI is InChI=1S/C20H18ClFN8O/c1-20(13-10-24-29(2)11-13,16-8-5-9-17(21)25-16)12-23-19(31)18-26-28-30(27-18)15-7-4-3-6-14(15)22/h3-11H,12H2,1-2H3,(H,23,31). The van der Waals surface area contributed by atoms with Crippen molar-refractivity contribution in [3.05, 3.63) is 82.9 Å². The van der Waals surface area contributed by atoms with Gasteiger partial charge >= 0.3 is 0 Å². The number of tetrazole rings is 1. The van der Waals surface area contributed by atoms with E-state index >= 15 is 0 Å². The molecule has 3 heterocycles. The van der Waals surface area contributed by atoms with Gasteiger partial charge in [-0.05, 0) is 36.4 Å². The largest absolute Gasteiger partial charge is 0.348 e. The first-order chi connectivity index (χ1) is 14.9. The Hall–Kier alpha value is -3.66. The van der Waals surface area contributed by atoms with Crippen molar-refractivity contribution in [1.29, 1.82) is 0 Å². The summed E-state index contributed by atoms with van der Waals surface area (Å²) in [4.78, 5) is 18.1. The lowest BCUT2D eigenvalue weighted by molar-refractivity contribution is 0.0936. The van der Waals surface area contributed by atoms with Gasteiger partial charge in [0.05, 0.1) is 17.3 Å². The Morgan fingerprint density at radius 2 is 2.03 bits per heavy atom. The Balaban J connectivity index is 1.58. The molecular formula is C20H18ClFN8O. The van der Waals surface area contributed by atoms with Gasteiger partial charge in [0, 0.05) is 25.4 Å². The first-order valence-corrected chi connectivity index (χ1v) is 9.70. The molecule has 3 aromatic heterocycles. The number of halogens is 2. The van der Waals surface area contributed by atoms with Gasteiger partial charge in [-0.3, -0.25) is 9.48 Å². The molecule has 0 aliphatic rings. The van der Waals surface area contributed by atoms with Crippen molar-refractivity contribution in [3.63, 3.8) is 0 Å². The first kappa shape index (κ1) is 20.6. The molecule has 9 nitrogen and oxygen atoms in total. The van der Waals surface area contributed by atoms with Crippen molar-refractivity contribution in [2.75, 3.05) is 6.54 Å². The molecule has 1 atom stereocenters. The number of hydrogen-bond donors (Lipinski definition) is 1. The fourth-order valence-corrected chi connectivity index (χ4v) is 3.28. The SMILES string of the molecule is Cn1cc(C(C)(CNC(=O)c2nnn(-c3ccccc3F)n2)c2cccc(Cl)n2)cn1. The first-order valence-electron chi connectivity index (χ1n) is 9.32. The van der Waals surface area contributed by atoms with Crippen LogP contribution in [0, 0.1) is 5.82 Å². The van der Waals surface area contributed by atoms with Gasteiger partial charge in [-0.1, -0.05) is 29.8 Å². The lowest BCUT2D eigenvalue weighted by Gasteiger charge is -2.28. The highest BCUT2D eigenvalue weighted by Gasteiger charge is 2.33. The summed E-state index contributed by atoms with van der Waals surface area (Å²) in [5.74, 6) is -1.27. The normalized spacial score (nSPS) is 13.0. The molecule has 1 amide bonds. The maximum atomic E-state index is 13.9. The number of amides is 1. The van der Waals surface area contributed by atoms with Crippen molar-refractivity contribution in [2.24, 2.45) is 7.05 Å². The van der Waals surface area contributed by atoms with Crippen LogP contribution in [0.5, 0.6) is 0 Å². The third-order valence-electron chi connectivity index (χ3n) is 4.91. The summed E-state index contributed by atoms with van der Waals surface area (Å²) in [5.41, 5.74) is 0.873. The van der Waals surface area contributed by atoms with Crippen molar-refractivity contribution < 1.29 is 9.18 Å². The van der Waals surface area contributed by atoms with Gasteiger partial charge in [-0.25, -0.2) is 9.37 Å². The average molecular weight is 441 g/mol. The number of rotatable bonds is 6. The summed E-state index contributed by atoms with van der Waals surface area (Å²) in [7, 11) is 1.80. The minimum Gasteiger partial charge on any atom is -0.348 e. The van der Waals surface area contributed by atoms with E-state index in [1.54, 1.807) is 42.2 Å². The number of pyridine rings is 1. The van der Waals surface area contributed by atoms with Crippen LogP contribution in [0.2, 0.25) is 5.15 Å². The number of nitrogens with zero attached hydrogens (tertiary/aromatic N) is 7. The van der Waals surface area contributed by atoms with Crippen LogP contribution in [-0.4, -0.2) is 47.4 Å². The van der Waals surface area contributed by atoms with Crippen LogP contribution >= 0.6 is 11.6 Å². The van der Waals surface area contributed by atoms with Crippen molar-refractivity contribution in [3.8, 4) is 5.69 Å². The number of aromatic nitrogens is 7. The summed E-state index contributed by atoms with van der Waals surface area (Å²) < 4.78 is 15.6. The topological polar surface area (TPSA) is 103 Å². The van der Waals surface area contributed by atoms with E-state index in [1.807, 2.05) is 19.2 Å². The second kappa shape index (κ2) is 8.23. The van der Waals surface area contributed by atoms with Gasteiger partial charge in [0.15, 0.2) is 5.82 Å². The van der Waals surface area contributed by atoms with Crippen LogP contribution < -0.4 is 5.32 Å². The number of carbonyl (C=O) groups excluding carboxylic acids is 1. The molecule has 158 valence electrons. The van der Waals surface area contributed by atoms with Crippen LogP contribution in [0.3, 0.4) is 0 Å². The molecule has 31 heavy (non-hydrogen) atoms. The number of hydrogen-bond acceptors (Lipinski definition) is 6. The van der Waals surface area contributed by atoms with Crippen molar-refractivity contribution in [1.82, 2.24) is 40.3 Å². The van der Waals surface area contributed by atoms with Crippen LogP contribution in [0.1, 0.15) is 28.8 Å². The molecule has 0 radical (unpaired) electrons. The highest BCUT2D eigenvalue weighted by Crippen LogP contribution is 2.30. The lowest BCUT2D eigenvalue weighted by Crippen LogP contribution is -2.40. The maximum absolute atomic E-state index is 13.9. The molecule has 11 heteroatoms. The van der Waals surface area contributed by atoms with E-state index in [0.29, 0.717) is 10.8 Å². The Labute approximate surface area is 181 Å². The van der Waals surface area contributed by atoms with Gasteiger partial charge in [-0.2, -0.15) is 5.10 Å². The number of nitrogens with one attached hydrogen (secondary N) is 1. The van der Waals surface area contributed by atoms with E-state index < -0.39 is 17.1 Å². The van der Waals surface area contributed by atoms with Crippen LogP contribution in [0.25, 0.3) is 5.69 Å². The zero-order valence-electron chi connectivity index (χ0n) is 16.7. The van der Waals surface area contributed by atoms with Gasteiger partial charge in [0.2, 0.25) is 0 Å². The number of benzene rings is 1. The number of aryl methyl sites for hydroxylation is 1. The van der Waals surface area contributed by atoms with E-state index in [2.05, 4.69) is 30.8 Å². The predicted octanol–water partition coefficient (Wildman–Crippen LogP) is 2.32. The van der Waals surface area contributed by atoms with Gasteiger partial charge in [0.25, 0.3) is 11.7 Å². The molecule has 0 aliphatic heterocycles. The molecule has 0 saturated heterocycles. The van der Waals surface area contributed by atoms with Crippen molar-refractivity contribution in [2.45, 2.75) is 12.3 Å². The average Bonchev–Trinajstić information content (AvgIpc) is 3.42. The Bertz CT molecular complexity index is 1240. The summed E-state index contributed by atoms with van der Waals surface area (Å²) in [6, 6.07) is 11.3. The van der Waals surface area contributed by atoms with Crippen molar-refractivity contribution >= 4 is 17.5 Å². The fraction of sp³-hybridized carbons (Fsp3) is 0.200. The minimum absolute atomic E-state index is 0.0948.